The van der Waals surface area contributed by atoms with Crippen LogP contribution in [-0.4, -0.2) is 51.9 Å². The van der Waals surface area contributed by atoms with Gasteiger partial charge in [-0.1, -0.05) is 6.07 Å². The van der Waals surface area contributed by atoms with Crippen LogP contribution in [0.4, 0.5) is 0 Å². The van der Waals surface area contributed by atoms with Crippen molar-refractivity contribution in [3.8, 4) is 0 Å². The molecule has 7 heteroatoms. The lowest BCUT2D eigenvalue weighted by Gasteiger charge is -2.32. The van der Waals surface area contributed by atoms with E-state index in [-0.39, 0.29) is 11.9 Å². The number of carbonyl (C=O) groups excluding carboxylic acids is 1. The maximum absolute atomic E-state index is 13.0. The highest BCUT2D eigenvalue weighted by atomic mass is 32.2. The van der Waals surface area contributed by atoms with Crippen molar-refractivity contribution >= 4 is 15.9 Å². The maximum Gasteiger partial charge on any atom is 0.241 e. The number of hydrogen-bond donors (Lipinski definition) is 2. The zero-order chi connectivity index (χ0) is 18.8. The zero-order valence-electron chi connectivity index (χ0n) is 15.8. The van der Waals surface area contributed by atoms with Crippen LogP contribution in [0.15, 0.2) is 11.0 Å². The van der Waals surface area contributed by atoms with Gasteiger partial charge in [0.1, 0.15) is 0 Å². The molecule has 1 fully saturated rings. The summed E-state index contributed by atoms with van der Waals surface area (Å²) in [4.78, 5) is 13.9. The van der Waals surface area contributed by atoms with Gasteiger partial charge >= 0.3 is 0 Å². The van der Waals surface area contributed by atoms with Crippen molar-refractivity contribution in [1.82, 2.24) is 14.9 Å². The Labute approximate surface area is 151 Å². The molecule has 0 bridgehead atoms. The molecule has 0 atom stereocenters. The molecule has 1 amide bonds. The van der Waals surface area contributed by atoms with Crippen molar-refractivity contribution in [1.29, 1.82) is 0 Å². The summed E-state index contributed by atoms with van der Waals surface area (Å²) in [7, 11) is -1.94. The third kappa shape index (κ3) is 4.59. The number of rotatable bonds is 5. The summed E-state index contributed by atoms with van der Waals surface area (Å²) in [6, 6.07) is 1.94. The molecule has 25 heavy (non-hydrogen) atoms. The Hall–Kier alpha value is -1.44. The molecule has 1 aromatic carbocycles. The van der Waals surface area contributed by atoms with Crippen LogP contribution < -0.4 is 10.0 Å². The molecule has 2 rings (SSSR count). The van der Waals surface area contributed by atoms with Crippen molar-refractivity contribution in [3.63, 3.8) is 0 Å². The number of amides is 1. The van der Waals surface area contributed by atoms with Crippen LogP contribution in [0.1, 0.15) is 35.1 Å². The molecule has 2 N–H and O–H groups in total. The SMILES string of the molecule is CNC(=O)CN1CCC(NS(=O)(=O)c2c(C)c(C)cc(C)c2C)CC1. The zero-order valence-corrected chi connectivity index (χ0v) is 16.6. The second-order valence-corrected chi connectivity index (χ2v) is 8.59. The van der Waals surface area contributed by atoms with Gasteiger partial charge in [-0.15, -0.1) is 0 Å². The van der Waals surface area contributed by atoms with E-state index in [0.717, 1.165) is 22.3 Å². The van der Waals surface area contributed by atoms with Crippen LogP contribution in [0.5, 0.6) is 0 Å². The predicted molar refractivity (Wildman–Crippen MR) is 99.2 cm³/mol. The van der Waals surface area contributed by atoms with E-state index in [2.05, 4.69) is 14.9 Å². The molecular formula is C18H29N3O3S. The van der Waals surface area contributed by atoms with Crippen LogP contribution >= 0.6 is 0 Å². The summed E-state index contributed by atoms with van der Waals surface area (Å²) >= 11 is 0. The summed E-state index contributed by atoms with van der Waals surface area (Å²) in [5.41, 5.74) is 3.60. The Balaban J connectivity index is 2.10. The minimum absolute atomic E-state index is 0.0134. The number of nitrogens with zero attached hydrogens (tertiary/aromatic N) is 1. The second kappa shape index (κ2) is 7.85. The highest BCUT2D eigenvalue weighted by Gasteiger charge is 2.28. The van der Waals surface area contributed by atoms with E-state index in [1.165, 1.54) is 0 Å². The summed E-state index contributed by atoms with van der Waals surface area (Å²) in [6.07, 6.45) is 1.41. The van der Waals surface area contributed by atoms with Crippen LogP contribution in [0.2, 0.25) is 0 Å². The third-order valence-electron chi connectivity index (χ3n) is 5.12. The van der Waals surface area contributed by atoms with Gasteiger partial charge in [0.25, 0.3) is 0 Å². The van der Waals surface area contributed by atoms with Gasteiger partial charge in [-0.25, -0.2) is 13.1 Å². The van der Waals surface area contributed by atoms with Gasteiger partial charge in [0.05, 0.1) is 11.4 Å². The first kappa shape index (κ1) is 19.9. The first-order valence-corrected chi connectivity index (χ1v) is 10.2. The highest BCUT2D eigenvalue weighted by Crippen LogP contribution is 2.26. The van der Waals surface area contributed by atoms with Gasteiger partial charge in [-0.3, -0.25) is 9.69 Å². The quantitative estimate of drug-likeness (QED) is 0.825. The van der Waals surface area contributed by atoms with E-state index in [1.54, 1.807) is 7.05 Å². The van der Waals surface area contributed by atoms with E-state index >= 15 is 0 Å². The number of carbonyl (C=O) groups is 1. The molecule has 1 aliphatic heterocycles. The first-order chi connectivity index (χ1) is 11.7. The molecule has 0 spiro atoms. The predicted octanol–water partition coefficient (Wildman–Crippen LogP) is 1.41. The van der Waals surface area contributed by atoms with Crippen LogP contribution in [0, 0.1) is 27.7 Å². The Bertz CT molecular complexity index is 725. The number of piperidine rings is 1. The van der Waals surface area contributed by atoms with E-state index in [0.29, 0.717) is 37.4 Å². The fourth-order valence-electron chi connectivity index (χ4n) is 3.35. The van der Waals surface area contributed by atoms with Crippen molar-refractivity contribution in [2.24, 2.45) is 0 Å². The van der Waals surface area contributed by atoms with Crippen LogP contribution in [0.3, 0.4) is 0 Å². The monoisotopic (exact) mass is 367 g/mol. The Morgan fingerprint density at radius 3 is 2.12 bits per heavy atom. The fraction of sp³-hybridized carbons (Fsp3) is 0.611. The molecule has 6 nitrogen and oxygen atoms in total. The maximum atomic E-state index is 13.0. The number of hydrogen-bond acceptors (Lipinski definition) is 4. The number of likely N-dealkylation sites (N-methyl/N-ethyl adjacent to an activating group) is 1. The Morgan fingerprint density at radius 2 is 1.64 bits per heavy atom. The lowest BCUT2D eigenvalue weighted by Crippen LogP contribution is -2.47. The number of benzene rings is 1. The smallest absolute Gasteiger partial charge is 0.241 e. The molecular weight excluding hydrogens is 338 g/mol. The molecule has 140 valence electrons. The van der Waals surface area contributed by atoms with Crippen molar-refractivity contribution in [2.45, 2.75) is 51.5 Å². The van der Waals surface area contributed by atoms with Crippen molar-refractivity contribution < 1.29 is 13.2 Å². The molecule has 1 aliphatic rings. The fourth-order valence-corrected chi connectivity index (χ4v) is 5.27. The van der Waals surface area contributed by atoms with E-state index in [1.807, 2.05) is 33.8 Å². The average molecular weight is 368 g/mol. The van der Waals surface area contributed by atoms with E-state index in [4.69, 9.17) is 0 Å². The van der Waals surface area contributed by atoms with Gasteiger partial charge in [-0.05, 0) is 62.8 Å². The van der Waals surface area contributed by atoms with Gasteiger partial charge in [-0.2, -0.15) is 0 Å². The van der Waals surface area contributed by atoms with Crippen molar-refractivity contribution in [2.75, 3.05) is 26.7 Å². The topological polar surface area (TPSA) is 78.5 Å². The normalized spacial score (nSPS) is 16.8. The van der Waals surface area contributed by atoms with E-state index in [9.17, 15) is 13.2 Å². The lowest BCUT2D eigenvalue weighted by molar-refractivity contribution is -0.122. The number of aryl methyl sites for hydroxylation is 2. The van der Waals surface area contributed by atoms with Crippen molar-refractivity contribution in [3.05, 3.63) is 28.3 Å². The van der Waals surface area contributed by atoms with Gasteiger partial charge < -0.3 is 5.32 Å². The number of nitrogens with one attached hydrogen (secondary N) is 2. The summed E-state index contributed by atoms with van der Waals surface area (Å²) in [5.74, 6) is -0.0134. The Kier molecular flexibility index (Phi) is 6.24. The number of likely N-dealkylation sites (tertiary alicyclic amines) is 1. The molecule has 0 aromatic heterocycles. The van der Waals surface area contributed by atoms with Gasteiger partial charge in [0, 0.05) is 26.2 Å². The highest BCUT2D eigenvalue weighted by molar-refractivity contribution is 7.89. The minimum Gasteiger partial charge on any atom is -0.358 e. The Morgan fingerprint density at radius 1 is 1.12 bits per heavy atom. The average Bonchev–Trinajstić information content (AvgIpc) is 2.54. The molecule has 1 aromatic rings. The lowest BCUT2D eigenvalue weighted by atomic mass is 10.0. The molecule has 1 saturated heterocycles. The minimum atomic E-state index is -3.56. The van der Waals surface area contributed by atoms with Gasteiger partial charge in [0.15, 0.2) is 0 Å². The second-order valence-electron chi connectivity index (χ2n) is 6.93. The summed E-state index contributed by atoms with van der Waals surface area (Å²) in [6.45, 7) is 9.41. The third-order valence-corrected chi connectivity index (χ3v) is 6.91. The summed E-state index contributed by atoms with van der Waals surface area (Å²) in [5, 5.41) is 2.61. The molecule has 1 heterocycles. The molecule has 0 saturated carbocycles. The van der Waals surface area contributed by atoms with Gasteiger partial charge in [0.2, 0.25) is 15.9 Å². The van der Waals surface area contributed by atoms with Crippen LogP contribution in [0.25, 0.3) is 0 Å². The first-order valence-electron chi connectivity index (χ1n) is 8.68. The molecule has 0 radical (unpaired) electrons. The van der Waals surface area contributed by atoms with E-state index < -0.39 is 10.0 Å². The molecule has 0 aliphatic carbocycles. The molecule has 0 unspecified atom stereocenters. The summed E-state index contributed by atoms with van der Waals surface area (Å²) < 4.78 is 28.8. The number of sulfonamides is 1. The van der Waals surface area contributed by atoms with Crippen LogP contribution in [-0.2, 0) is 14.8 Å². The standard InChI is InChI=1S/C18H29N3O3S/c1-12-10-13(2)15(4)18(14(12)3)25(23,24)20-16-6-8-21(9-7-16)11-17(22)19-5/h10,16,20H,6-9,11H2,1-5H3,(H,19,22). The largest absolute Gasteiger partial charge is 0.358 e.